The monoisotopic (exact) mass is 403 g/mol. The van der Waals surface area contributed by atoms with Crippen molar-refractivity contribution in [2.24, 2.45) is 0 Å². The summed E-state index contributed by atoms with van der Waals surface area (Å²) < 4.78 is 0. The van der Waals surface area contributed by atoms with Crippen molar-refractivity contribution in [1.82, 2.24) is 15.3 Å². The number of rotatable bonds is 4. The lowest BCUT2D eigenvalue weighted by atomic mass is 10.0. The summed E-state index contributed by atoms with van der Waals surface area (Å²) >= 11 is 5.44. The molecule has 0 amide bonds. The van der Waals surface area contributed by atoms with Gasteiger partial charge < -0.3 is 15.5 Å². The van der Waals surface area contributed by atoms with Crippen molar-refractivity contribution in [3.05, 3.63) is 72.7 Å². The topological polar surface area (TPSA) is 53.1 Å². The molecule has 0 radical (unpaired) electrons. The van der Waals surface area contributed by atoms with Crippen LogP contribution < -0.4 is 15.5 Å². The summed E-state index contributed by atoms with van der Waals surface area (Å²) in [7, 11) is 0. The fourth-order valence-corrected chi connectivity index (χ4v) is 3.84. The van der Waals surface area contributed by atoms with Crippen molar-refractivity contribution in [3.63, 3.8) is 0 Å². The van der Waals surface area contributed by atoms with E-state index in [-0.39, 0.29) is 0 Å². The molecule has 0 atom stereocenters. The summed E-state index contributed by atoms with van der Waals surface area (Å²) in [6.45, 7) is 4.02. The highest BCUT2D eigenvalue weighted by Gasteiger charge is 2.21. The number of thiocarbonyl (C=S) groups is 1. The third-order valence-corrected chi connectivity index (χ3v) is 5.42. The number of hydrogen-bond donors (Lipinski definition) is 2. The lowest BCUT2D eigenvalue weighted by Crippen LogP contribution is -2.46. The van der Waals surface area contributed by atoms with Crippen molar-refractivity contribution >= 4 is 28.8 Å². The van der Waals surface area contributed by atoms with Gasteiger partial charge >= 0.3 is 0 Å². The number of pyridine rings is 2. The van der Waals surface area contributed by atoms with Crippen LogP contribution >= 0.6 is 12.2 Å². The highest BCUT2D eigenvalue weighted by Crippen LogP contribution is 2.25. The van der Waals surface area contributed by atoms with Crippen LogP contribution in [0.3, 0.4) is 0 Å². The number of anilines is 2. The molecule has 2 aromatic heterocycles. The average Bonchev–Trinajstić information content (AvgIpc) is 2.75. The Balaban J connectivity index is 1.33. The highest BCUT2D eigenvalue weighted by molar-refractivity contribution is 7.80. The van der Waals surface area contributed by atoms with Crippen molar-refractivity contribution in [1.29, 1.82) is 0 Å². The zero-order chi connectivity index (χ0) is 20.1. The highest BCUT2D eigenvalue weighted by atomic mass is 32.1. The normalized spacial score (nSPS) is 14.4. The van der Waals surface area contributed by atoms with Gasteiger partial charge in [-0.3, -0.25) is 4.98 Å². The molecule has 0 saturated carbocycles. The lowest BCUT2D eigenvalue weighted by Gasteiger charge is -2.33. The first-order valence-electron chi connectivity index (χ1n) is 9.93. The molecule has 0 unspecified atom stereocenters. The molecule has 1 aliphatic heterocycles. The standard InChI is InChI=1S/C23H25N5S/c1-17-4-6-18(7-5-17)19-8-12-25-22(15-19)28-13-9-20(10-14-28)26-23(29)27-21-3-2-11-24-16-21/h2-8,11-12,15-16,20H,9-10,13-14H2,1H3,(H2,26,27,29). The molecule has 3 heterocycles. The summed E-state index contributed by atoms with van der Waals surface area (Å²) in [5, 5.41) is 7.27. The summed E-state index contributed by atoms with van der Waals surface area (Å²) in [4.78, 5) is 11.1. The Morgan fingerprint density at radius 3 is 2.55 bits per heavy atom. The maximum absolute atomic E-state index is 5.44. The quantitative estimate of drug-likeness (QED) is 0.630. The molecular formula is C23H25N5S. The van der Waals surface area contributed by atoms with Gasteiger partial charge in [-0.15, -0.1) is 0 Å². The third kappa shape index (κ3) is 5.09. The molecule has 1 saturated heterocycles. The van der Waals surface area contributed by atoms with E-state index < -0.39 is 0 Å². The van der Waals surface area contributed by atoms with Crippen LogP contribution in [-0.4, -0.2) is 34.2 Å². The predicted octanol–water partition coefficient (Wildman–Crippen LogP) is 4.41. The van der Waals surface area contributed by atoms with Crippen molar-refractivity contribution in [3.8, 4) is 11.1 Å². The van der Waals surface area contributed by atoms with Crippen molar-refractivity contribution < 1.29 is 0 Å². The van der Waals surface area contributed by atoms with Crippen molar-refractivity contribution in [2.75, 3.05) is 23.3 Å². The van der Waals surface area contributed by atoms with E-state index in [1.54, 1.807) is 12.4 Å². The van der Waals surface area contributed by atoms with Gasteiger partial charge in [0, 0.05) is 31.5 Å². The number of nitrogens with zero attached hydrogens (tertiary/aromatic N) is 3. The maximum Gasteiger partial charge on any atom is 0.171 e. The Hall–Kier alpha value is -2.99. The van der Waals surface area contributed by atoms with Crippen molar-refractivity contribution in [2.45, 2.75) is 25.8 Å². The van der Waals surface area contributed by atoms with Crippen LogP contribution in [0.1, 0.15) is 18.4 Å². The van der Waals surface area contributed by atoms with Gasteiger partial charge in [0.1, 0.15) is 5.82 Å². The smallest absolute Gasteiger partial charge is 0.171 e. The molecule has 6 heteroatoms. The van der Waals surface area contributed by atoms with Gasteiger partial charge in [-0.25, -0.2) is 4.98 Å². The Labute approximate surface area is 177 Å². The lowest BCUT2D eigenvalue weighted by molar-refractivity contribution is 0.466. The number of nitrogens with one attached hydrogen (secondary N) is 2. The summed E-state index contributed by atoms with van der Waals surface area (Å²) in [5.41, 5.74) is 4.60. The molecule has 148 valence electrons. The Kier molecular flexibility index (Phi) is 6.00. The van der Waals surface area contributed by atoms with Crippen LogP contribution in [0.2, 0.25) is 0 Å². The second kappa shape index (κ2) is 9.01. The molecule has 0 spiro atoms. The maximum atomic E-state index is 5.44. The Morgan fingerprint density at radius 2 is 1.83 bits per heavy atom. The van der Waals surface area contributed by atoms with E-state index in [0.29, 0.717) is 11.2 Å². The van der Waals surface area contributed by atoms with E-state index in [9.17, 15) is 0 Å². The molecule has 1 aliphatic rings. The molecule has 1 fully saturated rings. The Bertz CT molecular complexity index is 951. The van der Waals surface area contributed by atoms with E-state index >= 15 is 0 Å². The average molecular weight is 404 g/mol. The first-order chi connectivity index (χ1) is 14.2. The van der Waals surface area contributed by atoms with Gasteiger partial charge in [0.05, 0.1) is 11.9 Å². The minimum Gasteiger partial charge on any atom is -0.360 e. The number of benzene rings is 1. The fourth-order valence-electron chi connectivity index (χ4n) is 3.56. The van der Waals surface area contributed by atoms with Crippen LogP contribution in [0.25, 0.3) is 11.1 Å². The van der Waals surface area contributed by atoms with Crippen LogP contribution in [-0.2, 0) is 0 Å². The van der Waals surface area contributed by atoms with E-state index in [4.69, 9.17) is 12.2 Å². The van der Waals surface area contributed by atoms with E-state index in [0.717, 1.165) is 37.4 Å². The largest absolute Gasteiger partial charge is 0.360 e. The van der Waals surface area contributed by atoms with Crippen LogP contribution in [0.15, 0.2) is 67.1 Å². The number of hydrogen-bond acceptors (Lipinski definition) is 4. The summed E-state index contributed by atoms with van der Waals surface area (Å²) in [6, 6.07) is 17.1. The van der Waals surface area contributed by atoms with Crippen LogP contribution in [0.4, 0.5) is 11.5 Å². The van der Waals surface area contributed by atoms with Gasteiger partial charge in [-0.1, -0.05) is 29.8 Å². The number of aromatic nitrogens is 2. The number of aryl methyl sites for hydroxylation is 1. The molecule has 0 bridgehead atoms. The minimum absolute atomic E-state index is 0.364. The molecule has 2 N–H and O–H groups in total. The van der Waals surface area contributed by atoms with Crippen LogP contribution in [0, 0.1) is 6.92 Å². The first-order valence-corrected chi connectivity index (χ1v) is 10.3. The zero-order valence-electron chi connectivity index (χ0n) is 16.5. The third-order valence-electron chi connectivity index (χ3n) is 5.20. The fraction of sp³-hybridized carbons (Fsp3) is 0.261. The molecule has 5 nitrogen and oxygen atoms in total. The van der Waals surface area contributed by atoms with E-state index in [2.05, 4.69) is 68.8 Å². The zero-order valence-corrected chi connectivity index (χ0v) is 17.3. The summed E-state index contributed by atoms with van der Waals surface area (Å²) in [6.07, 6.45) is 7.46. The molecular weight excluding hydrogens is 378 g/mol. The molecule has 1 aromatic carbocycles. The Morgan fingerprint density at radius 1 is 1.03 bits per heavy atom. The predicted molar refractivity (Wildman–Crippen MR) is 123 cm³/mol. The second-order valence-electron chi connectivity index (χ2n) is 7.37. The molecule has 0 aliphatic carbocycles. The molecule has 29 heavy (non-hydrogen) atoms. The molecule has 4 rings (SSSR count). The van der Waals surface area contributed by atoms with Crippen LogP contribution in [0.5, 0.6) is 0 Å². The van der Waals surface area contributed by atoms with Gasteiger partial charge in [0.15, 0.2) is 5.11 Å². The van der Waals surface area contributed by atoms with Gasteiger partial charge in [-0.2, -0.15) is 0 Å². The first kappa shape index (κ1) is 19.3. The van der Waals surface area contributed by atoms with Gasteiger partial charge in [0.2, 0.25) is 0 Å². The van der Waals surface area contributed by atoms with Gasteiger partial charge in [-0.05, 0) is 67.4 Å². The summed E-state index contributed by atoms with van der Waals surface area (Å²) in [5.74, 6) is 1.04. The number of piperidine rings is 1. The van der Waals surface area contributed by atoms with E-state index in [1.165, 1.54) is 16.7 Å². The second-order valence-corrected chi connectivity index (χ2v) is 7.78. The SMILES string of the molecule is Cc1ccc(-c2ccnc(N3CCC(NC(=S)Nc4cccnc4)CC3)c2)cc1. The minimum atomic E-state index is 0.364. The molecule has 3 aromatic rings. The van der Waals surface area contributed by atoms with E-state index in [1.807, 2.05) is 18.3 Å². The van der Waals surface area contributed by atoms with Gasteiger partial charge in [0.25, 0.3) is 0 Å².